The lowest BCUT2D eigenvalue weighted by Crippen LogP contribution is -2.47. The molecule has 1 aliphatic rings. The van der Waals surface area contributed by atoms with Gasteiger partial charge >= 0.3 is 5.97 Å². The van der Waals surface area contributed by atoms with Crippen molar-refractivity contribution in [2.75, 3.05) is 6.61 Å². The van der Waals surface area contributed by atoms with Crippen LogP contribution in [0.3, 0.4) is 0 Å². The highest BCUT2D eigenvalue weighted by Gasteiger charge is 2.37. The molecule has 1 saturated carbocycles. The van der Waals surface area contributed by atoms with Crippen LogP contribution < -0.4 is 10.1 Å². The third-order valence-electron chi connectivity index (χ3n) is 4.75. The minimum Gasteiger partial charge on any atom is -0.494 e. The largest absolute Gasteiger partial charge is 0.494 e. The van der Waals surface area contributed by atoms with Gasteiger partial charge in [-0.15, -0.1) is 0 Å². The Bertz CT molecular complexity index is 591. The van der Waals surface area contributed by atoms with Crippen LogP contribution in [0.25, 0.3) is 0 Å². The van der Waals surface area contributed by atoms with Gasteiger partial charge < -0.3 is 15.2 Å². The molecule has 0 bridgehead atoms. The predicted octanol–water partition coefficient (Wildman–Crippen LogP) is 3.37. The number of nitrogens with one attached hydrogen (secondary N) is 1. The van der Waals surface area contributed by atoms with Gasteiger partial charge in [-0.3, -0.25) is 9.59 Å². The van der Waals surface area contributed by atoms with Crippen molar-refractivity contribution in [1.82, 2.24) is 5.32 Å². The Balaban J connectivity index is 1.74. The fourth-order valence-corrected chi connectivity index (χ4v) is 3.27. The van der Waals surface area contributed by atoms with E-state index in [2.05, 4.69) is 12.2 Å². The average molecular weight is 333 g/mol. The van der Waals surface area contributed by atoms with Gasteiger partial charge in [0.1, 0.15) is 5.75 Å². The molecule has 2 rings (SSSR count). The summed E-state index contributed by atoms with van der Waals surface area (Å²) in [6.07, 6.45) is 4.44. The first-order valence-electron chi connectivity index (χ1n) is 8.63. The van der Waals surface area contributed by atoms with Crippen molar-refractivity contribution < 1.29 is 19.4 Å². The van der Waals surface area contributed by atoms with Crippen molar-refractivity contribution in [2.45, 2.75) is 64.3 Å². The molecule has 0 aromatic heterocycles. The van der Waals surface area contributed by atoms with Crippen LogP contribution in [0.15, 0.2) is 18.2 Å². The molecule has 1 aliphatic carbocycles. The van der Waals surface area contributed by atoms with E-state index in [1.165, 1.54) is 11.1 Å². The zero-order valence-corrected chi connectivity index (χ0v) is 14.6. The molecule has 1 aromatic rings. The van der Waals surface area contributed by atoms with Crippen molar-refractivity contribution >= 4 is 11.9 Å². The summed E-state index contributed by atoms with van der Waals surface area (Å²) in [6, 6.07) is 5.95. The maximum atomic E-state index is 12.1. The highest BCUT2D eigenvalue weighted by Crippen LogP contribution is 2.32. The van der Waals surface area contributed by atoms with Gasteiger partial charge in [-0.05, 0) is 56.4 Å². The standard InChI is InChI=1S/C19H27NO4/c1-14-7-8-16(12-15(14)2)24-11-5-6-17(21)20-19(13-18(22)23)9-3-4-10-19/h7-8,12H,3-6,9-11,13H2,1-2H3,(H,20,21)(H,22,23). The summed E-state index contributed by atoms with van der Waals surface area (Å²) in [5, 5.41) is 12.0. The fraction of sp³-hybridized carbons (Fsp3) is 0.579. The second kappa shape index (κ2) is 8.18. The van der Waals surface area contributed by atoms with Crippen molar-refractivity contribution in [3.8, 4) is 5.75 Å². The molecule has 0 spiro atoms. The molecule has 1 aromatic carbocycles. The van der Waals surface area contributed by atoms with E-state index in [9.17, 15) is 9.59 Å². The van der Waals surface area contributed by atoms with Crippen molar-refractivity contribution in [3.63, 3.8) is 0 Å². The number of carbonyl (C=O) groups excluding carboxylic acids is 1. The Labute approximate surface area is 143 Å². The van der Waals surface area contributed by atoms with E-state index in [1.807, 2.05) is 25.1 Å². The summed E-state index contributed by atoms with van der Waals surface area (Å²) in [6.45, 7) is 4.57. The summed E-state index contributed by atoms with van der Waals surface area (Å²) >= 11 is 0. The quantitative estimate of drug-likeness (QED) is 0.715. The van der Waals surface area contributed by atoms with Crippen LogP contribution in [0.5, 0.6) is 5.75 Å². The van der Waals surface area contributed by atoms with E-state index in [0.717, 1.165) is 31.4 Å². The normalized spacial score (nSPS) is 15.9. The first kappa shape index (κ1) is 18.3. The van der Waals surface area contributed by atoms with Crippen LogP contribution in [0, 0.1) is 13.8 Å². The van der Waals surface area contributed by atoms with Gasteiger partial charge in [0.25, 0.3) is 0 Å². The third kappa shape index (κ3) is 5.25. The number of ether oxygens (including phenoxy) is 1. The summed E-state index contributed by atoms with van der Waals surface area (Å²) < 4.78 is 5.68. The van der Waals surface area contributed by atoms with Gasteiger partial charge in [-0.2, -0.15) is 0 Å². The van der Waals surface area contributed by atoms with Gasteiger partial charge in [0.15, 0.2) is 0 Å². The smallest absolute Gasteiger partial charge is 0.305 e. The number of aliphatic carboxylic acids is 1. The Morgan fingerprint density at radius 1 is 1.21 bits per heavy atom. The van der Waals surface area contributed by atoms with Gasteiger partial charge in [0.05, 0.1) is 18.6 Å². The van der Waals surface area contributed by atoms with Gasteiger partial charge in [-0.25, -0.2) is 0 Å². The topological polar surface area (TPSA) is 75.6 Å². The molecule has 132 valence electrons. The van der Waals surface area contributed by atoms with Gasteiger partial charge in [0, 0.05) is 6.42 Å². The van der Waals surface area contributed by atoms with Crippen LogP contribution in [-0.4, -0.2) is 29.1 Å². The fourth-order valence-electron chi connectivity index (χ4n) is 3.27. The zero-order valence-electron chi connectivity index (χ0n) is 14.6. The van der Waals surface area contributed by atoms with E-state index in [0.29, 0.717) is 19.4 Å². The zero-order chi connectivity index (χ0) is 17.6. The molecule has 0 atom stereocenters. The van der Waals surface area contributed by atoms with E-state index >= 15 is 0 Å². The molecule has 24 heavy (non-hydrogen) atoms. The number of amides is 1. The molecule has 1 fully saturated rings. The molecule has 0 unspecified atom stereocenters. The van der Waals surface area contributed by atoms with E-state index in [4.69, 9.17) is 9.84 Å². The van der Waals surface area contributed by atoms with Crippen LogP contribution in [-0.2, 0) is 9.59 Å². The SMILES string of the molecule is Cc1ccc(OCCCC(=O)NC2(CC(=O)O)CCCC2)cc1C. The summed E-state index contributed by atoms with van der Waals surface area (Å²) in [4.78, 5) is 23.2. The number of carboxylic acid groups (broad SMARTS) is 1. The number of hydrogen-bond acceptors (Lipinski definition) is 3. The molecule has 5 heteroatoms. The number of rotatable bonds is 8. The van der Waals surface area contributed by atoms with Crippen molar-refractivity contribution in [3.05, 3.63) is 29.3 Å². The lowest BCUT2D eigenvalue weighted by Gasteiger charge is -2.28. The summed E-state index contributed by atoms with van der Waals surface area (Å²) in [7, 11) is 0. The van der Waals surface area contributed by atoms with Crippen molar-refractivity contribution in [1.29, 1.82) is 0 Å². The molecule has 0 aliphatic heterocycles. The molecule has 1 amide bonds. The maximum absolute atomic E-state index is 12.1. The molecule has 2 N–H and O–H groups in total. The number of carbonyl (C=O) groups is 2. The molecule has 0 heterocycles. The molecular weight excluding hydrogens is 306 g/mol. The maximum Gasteiger partial charge on any atom is 0.305 e. The average Bonchev–Trinajstić information content (AvgIpc) is 2.94. The van der Waals surface area contributed by atoms with Crippen LogP contribution >= 0.6 is 0 Å². The predicted molar refractivity (Wildman–Crippen MR) is 92.2 cm³/mol. The number of benzene rings is 1. The molecular formula is C19H27NO4. The minimum absolute atomic E-state index is 0.0118. The lowest BCUT2D eigenvalue weighted by molar-refractivity contribution is -0.139. The number of aryl methyl sites for hydroxylation is 2. The Morgan fingerprint density at radius 3 is 2.54 bits per heavy atom. The second-order valence-corrected chi connectivity index (χ2v) is 6.80. The molecule has 5 nitrogen and oxygen atoms in total. The van der Waals surface area contributed by atoms with Gasteiger partial charge in [-0.1, -0.05) is 18.9 Å². The van der Waals surface area contributed by atoms with E-state index < -0.39 is 11.5 Å². The molecule has 0 radical (unpaired) electrons. The number of carboxylic acids is 1. The van der Waals surface area contributed by atoms with Crippen LogP contribution in [0.2, 0.25) is 0 Å². The first-order valence-corrected chi connectivity index (χ1v) is 8.63. The minimum atomic E-state index is -0.852. The van der Waals surface area contributed by atoms with Crippen LogP contribution in [0.1, 0.15) is 56.1 Å². The molecule has 0 saturated heterocycles. The second-order valence-electron chi connectivity index (χ2n) is 6.80. The lowest BCUT2D eigenvalue weighted by atomic mass is 9.93. The monoisotopic (exact) mass is 333 g/mol. The van der Waals surface area contributed by atoms with E-state index in [-0.39, 0.29) is 12.3 Å². The first-order chi connectivity index (χ1) is 11.4. The Kier molecular flexibility index (Phi) is 6.23. The van der Waals surface area contributed by atoms with Crippen LogP contribution in [0.4, 0.5) is 0 Å². The third-order valence-corrected chi connectivity index (χ3v) is 4.75. The Morgan fingerprint density at radius 2 is 1.92 bits per heavy atom. The Hall–Kier alpha value is -2.04. The van der Waals surface area contributed by atoms with E-state index in [1.54, 1.807) is 0 Å². The number of hydrogen-bond donors (Lipinski definition) is 2. The summed E-state index contributed by atoms with van der Waals surface area (Å²) in [5.41, 5.74) is 1.86. The van der Waals surface area contributed by atoms with Crippen molar-refractivity contribution in [2.24, 2.45) is 0 Å². The van der Waals surface area contributed by atoms with Gasteiger partial charge in [0.2, 0.25) is 5.91 Å². The highest BCUT2D eigenvalue weighted by atomic mass is 16.5. The highest BCUT2D eigenvalue weighted by molar-refractivity contribution is 5.78. The summed E-state index contributed by atoms with van der Waals surface area (Å²) in [5.74, 6) is -0.117.